The number of alkyl halides is 3. The third-order valence-electron chi connectivity index (χ3n) is 1.87. The number of hydrogen-bond acceptors (Lipinski definition) is 2. The summed E-state index contributed by atoms with van der Waals surface area (Å²) < 4.78 is 41.3. The highest BCUT2D eigenvalue weighted by atomic mass is 35.5. The van der Waals surface area contributed by atoms with Gasteiger partial charge >= 0.3 is 6.18 Å². The van der Waals surface area contributed by atoms with Crippen molar-refractivity contribution in [1.29, 1.82) is 0 Å². The minimum absolute atomic E-state index is 0.140. The summed E-state index contributed by atoms with van der Waals surface area (Å²) in [6, 6.07) is 4.64. The van der Waals surface area contributed by atoms with E-state index in [-0.39, 0.29) is 5.69 Å². The lowest BCUT2D eigenvalue weighted by atomic mass is 10.2. The summed E-state index contributed by atoms with van der Waals surface area (Å²) in [5.74, 6) is 0.427. The maximum absolute atomic E-state index is 12.2. The van der Waals surface area contributed by atoms with E-state index in [4.69, 9.17) is 16.3 Å². The second-order valence-electron chi connectivity index (χ2n) is 3.05. The molecule has 0 N–H and O–H groups in total. The number of ether oxygens (including phenoxy) is 1. The van der Waals surface area contributed by atoms with Crippen LogP contribution in [0.15, 0.2) is 23.2 Å². The van der Waals surface area contributed by atoms with Gasteiger partial charge in [-0.3, -0.25) is 0 Å². The molecule has 0 unspecified atom stereocenters. The Kier molecular flexibility index (Phi) is 3.80. The van der Waals surface area contributed by atoms with E-state index < -0.39 is 11.3 Å². The number of rotatable bonds is 2. The molecule has 0 fully saturated rings. The van der Waals surface area contributed by atoms with Crippen LogP contribution in [0.3, 0.4) is 0 Å². The number of hydrogen-bond donors (Lipinski definition) is 0. The van der Waals surface area contributed by atoms with Crippen LogP contribution < -0.4 is 4.74 Å². The largest absolute Gasteiger partial charge is 0.497 e. The highest BCUT2D eigenvalue weighted by molar-refractivity contribution is 6.67. The summed E-state index contributed by atoms with van der Waals surface area (Å²) in [6.45, 7) is 1.64. The number of halogens is 4. The first-order chi connectivity index (χ1) is 7.34. The van der Waals surface area contributed by atoms with Crippen LogP contribution in [0.2, 0.25) is 0 Å². The van der Waals surface area contributed by atoms with Crippen LogP contribution in [0.1, 0.15) is 5.56 Å². The summed E-state index contributed by atoms with van der Waals surface area (Å²) in [6.07, 6.45) is -4.63. The van der Waals surface area contributed by atoms with Gasteiger partial charge in [-0.05, 0) is 18.6 Å². The molecule has 16 heavy (non-hydrogen) atoms. The summed E-state index contributed by atoms with van der Waals surface area (Å²) in [4.78, 5) is 3.32. The standard InChI is InChI=1S/C10H9ClF3NO/c1-6-3-4-7(16-2)5-8(6)15-9(11)10(12,13)14/h3-5H,1-2H3. The zero-order valence-electron chi connectivity index (χ0n) is 8.60. The normalized spacial score (nSPS) is 12.8. The van der Waals surface area contributed by atoms with Crippen LogP contribution in [-0.2, 0) is 0 Å². The quantitative estimate of drug-likeness (QED) is 0.732. The molecule has 0 aliphatic carbocycles. The Labute approximate surface area is 95.7 Å². The Bertz CT molecular complexity index is 415. The lowest BCUT2D eigenvalue weighted by Gasteiger charge is -2.06. The van der Waals surface area contributed by atoms with Crippen LogP contribution in [0.25, 0.3) is 0 Å². The van der Waals surface area contributed by atoms with Crippen molar-refractivity contribution in [3.8, 4) is 5.75 Å². The van der Waals surface area contributed by atoms with Crippen molar-refractivity contribution in [3.05, 3.63) is 23.8 Å². The molecule has 1 rings (SSSR count). The third kappa shape index (κ3) is 3.13. The molecule has 0 bridgehead atoms. The molecule has 0 radical (unpaired) electrons. The summed E-state index contributed by atoms with van der Waals surface area (Å²) >= 11 is 5.04. The fourth-order valence-electron chi connectivity index (χ4n) is 1.01. The maximum atomic E-state index is 12.2. The molecule has 88 valence electrons. The Morgan fingerprint density at radius 1 is 1.38 bits per heavy atom. The smallest absolute Gasteiger partial charge is 0.444 e. The van der Waals surface area contributed by atoms with Crippen LogP contribution in [0.4, 0.5) is 18.9 Å². The van der Waals surface area contributed by atoms with Gasteiger partial charge in [0.05, 0.1) is 12.8 Å². The molecule has 2 nitrogen and oxygen atoms in total. The third-order valence-corrected chi connectivity index (χ3v) is 2.17. The molecule has 1 aromatic carbocycles. The van der Waals surface area contributed by atoms with Gasteiger partial charge < -0.3 is 4.74 Å². The zero-order chi connectivity index (χ0) is 12.3. The lowest BCUT2D eigenvalue weighted by molar-refractivity contribution is -0.0558. The van der Waals surface area contributed by atoms with Crippen molar-refractivity contribution >= 4 is 22.5 Å². The first-order valence-corrected chi connectivity index (χ1v) is 4.68. The first kappa shape index (κ1) is 12.8. The maximum Gasteiger partial charge on any atom is 0.444 e. The average Bonchev–Trinajstić information content (AvgIpc) is 2.19. The summed E-state index contributed by atoms with van der Waals surface area (Å²) in [5, 5.41) is -1.40. The van der Waals surface area contributed by atoms with E-state index in [1.54, 1.807) is 19.1 Å². The van der Waals surface area contributed by atoms with Crippen LogP contribution in [-0.4, -0.2) is 18.5 Å². The summed E-state index contributed by atoms with van der Waals surface area (Å²) in [7, 11) is 1.42. The topological polar surface area (TPSA) is 21.6 Å². The van der Waals surface area contributed by atoms with E-state index in [1.165, 1.54) is 13.2 Å². The molecule has 1 aromatic rings. The molecule has 0 spiro atoms. The van der Waals surface area contributed by atoms with E-state index >= 15 is 0 Å². The highest BCUT2D eigenvalue weighted by Gasteiger charge is 2.34. The van der Waals surface area contributed by atoms with Gasteiger partial charge in [0.1, 0.15) is 5.75 Å². The molecular formula is C10H9ClF3NO. The van der Waals surface area contributed by atoms with Gasteiger partial charge in [-0.25, -0.2) is 4.99 Å². The van der Waals surface area contributed by atoms with Crippen molar-refractivity contribution in [2.24, 2.45) is 4.99 Å². The lowest BCUT2D eigenvalue weighted by Crippen LogP contribution is -2.16. The van der Waals surface area contributed by atoms with Gasteiger partial charge in [-0.1, -0.05) is 17.7 Å². The van der Waals surface area contributed by atoms with Gasteiger partial charge in [0.25, 0.3) is 0 Å². The number of nitrogens with zero attached hydrogens (tertiary/aromatic N) is 1. The fraction of sp³-hybridized carbons (Fsp3) is 0.300. The number of aliphatic imine (C=N–C) groups is 1. The van der Waals surface area contributed by atoms with Gasteiger partial charge in [0.15, 0.2) is 0 Å². The molecule has 0 heterocycles. The Hall–Kier alpha value is -1.23. The van der Waals surface area contributed by atoms with Gasteiger partial charge in [0.2, 0.25) is 5.17 Å². The second-order valence-corrected chi connectivity index (χ2v) is 3.41. The SMILES string of the molecule is COc1ccc(C)c(N=C(Cl)C(F)(F)F)c1. The number of methoxy groups -OCH3 is 1. The van der Waals surface area contributed by atoms with Crippen LogP contribution in [0.5, 0.6) is 5.75 Å². The van der Waals surface area contributed by atoms with E-state index in [9.17, 15) is 13.2 Å². The van der Waals surface area contributed by atoms with Gasteiger partial charge in [0, 0.05) is 6.07 Å². The van der Waals surface area contributed by atoms with E-state index in [0.717, 1.165) is 0 Å². The fourth-order valence-corrected chi connectivity index (χ4v) is 1.10. The Morgan fingerprint density at radius 3 is 2.50 bits per heavy atom. The summed E-state index contributed by atoms with van der Waals surface area (Å²) in [5.41, 5.74) is 0.727. The predicted octanol–water partition coefficient (Wildman–Crippen LogP) is 3.83. The molecule has 0 amide bonds. The first-order valence-electron chi connectivity index (χ1n) is 4.30. The average molecular weight is 252 g/mol. The monoisotopic (exact) mass is 251 g/mol. The Balaban J connectivity index is 3.14. The number of benzene rings is 1. The van der Waals surface area contributed by atoms with Crippen molar-refractivity contribution < 1.29 is 17.9 Å². The molecule has 0 aromatic heterocycles. The van der Waals surface area contributed by atoms with Crippen LogP contribution in [0, 0.1) is 6.92 Å². The van der Waals surface area contributed by atoms with Crippen LogP contribution >= 0.6 is 11.6 Å². The predicted molar refractivity (Wildman–Crippen MR) is 56.7 cm³/mol. The molecule has 0 atom stereocenters. The molecule has 6 heteroatoms. The van der Waals surface area contributed by atoms with Crippen molar-refractivity contribution in [2.75, 3.05) is 7.11 Å². The molecular weight excluding hydrogens is 243 g/mol. The highest BCUT2D eigenvalue weighted by Crippen LogP contribution is 2.28. The number of aryl methyl sites for hydroxylation is 1. The van der Waals surface area contributed by atoms with Crippen molar-refractivity contribution in [2.45, 2.75) is 13.1 Å². The molecule has 0 saturated carbocycles. The van der Waals surface area contributed by atoms with E-state index in [0.29, 0.717) is 11.3 Å². The molecule has 0 aliphatic heterocycles. The minimum atomic E-state index is -4.63. The van der Waals surface area contributed by atoms with Gasteiger partial charge in [-0.2, -0.15) is 13.2 Å². The van der Waals surface area contributed by atoms with Crippen molar-refractivity contribution in [1.82, 2.24) is 0 Å². The van der Waals surface area contributed by atoms with E-state index in [2.05, 4.69) is 4.99 Å². The molecule has 0 saturated heterocycles. The zero-order valence-corrected chi connectivity index (χ0v) is 9.36. The second kappa shape index (κ2) is 4.74. The Morgan fingerprint density at radius 2 is 2.00 bits per heavy atom. The van der Waals surface area contributed by atoms with E-state index in [1.807, 2.05) is 0 Å². The molecule has 0 aliphatic rings. The van der Waals surface area contributed by atoms with Gasteiger partial charge in [-0.15, -0.1) is 0 Å². The minimum Gasteiger partial charge on any atom is -0.497 e. The van der Waals surface area contributed by atoms with Crippen molar-refractivity contribution in [3.63, 3.8) is 0 Å².